The number of nitrogens with zero attached hydrogens (tertiary/aromatic N) is 3. The molecule has 1 amide bonds. The molecular formula is C20H18ClN3O2. The summed E-state index contributed by atoms with van der Waals surface area (Å²) in [5, 5.41) is 5.24. The van der Waals surface area contributed by atoms with Crippen molar-refractivity contribution in [1.29, 1.82) is 0 Å². The number of carbonyl (C=O) groups excluding carboxylic acids is 1. The quantitative estimate of drug-likeness (QED) is 0.649. The molecule has 0 bridgehead atoms. The molecule has 0 saturated heterocycles. The molecule has 3 rings (SSSR count). The summed E-state index contributed by atoms with van der Waals surface area (Å²) in [4.78, 5) is 27.3. The average molecular weight is 368 g/mol. The zero-order valence-electron chi connectivity index (χ0n) is 14.4. The van der Waals surface area contributed by atoms with E-state index in [1.807, 2.05) is 24.3 Å². The van der Waals surface area contributed by atoms with Crippen LogP contribution >= 0.6 is 11.6 Å². The number of aryl methyl sites for hydroxylation is 1. The smallest absolute Gasteiger partial charge is 0.278 e. The summed E-state index contributed by atoms with van der Waals surface area (Å²) in [6, 6.07) is 14.4. The number of hydrogen-bond acceptors (Lipinski definition) is 3. The van der Waals surface area contributed by atoms with Gasteiger partial charge in [-0.05, 0) is 23.8 Å². The Morgan fingerprint density at radius 2 is 1.92 bits per heavy atom. The van der Waals surface area contributed by atoms with E-state index in [1.54, 1.807) is 42.1 Å². The van der Waals surface area contributed by atoms with Crippen LogP contribution in [-0.4, -0.2) is 27.1 Å². The van der Waals surface area contributed by atoms with Crippen LogP contribution in [0.25, 0.3) is 10.9 Å². The lowest BCUT2D eigenvalue weighted by molar-refractivity contribution is 0.0753. The molecular weight excluding hydrogens is 350 g/mol. The van der Waals surface area contributed by atoms with Crippen molar-refractivity contribution in [2.75, 3.05) is 6.54 Å². The lowest BCUT2D eigenvalue weighted by atomic mass is 10.1. The fourth-order valence-electron chi connectivity index (χ4n) is 2.82. The van der Waals surface area contributed by atoms with Crippen LogP contribution in [0.1, 0.15) is 16.1 Å². The molecule has 1 heterocycles. The molecule has 0 spiro atoms. The van der Waals surface area contributed by atoms with E-state index in [0.29, 0.717) is 15.9 Å². The van der Waals surface area contributed by atoms with Crippen molar-refractivity contribution in [2.45, 2.75) is 6.54 Å². The number of benzene rings is 2. The Hall–Kier alpha value is -2.92. The molecule has 0 atom stereocenters. The van der Waals surface area contributed by atoms with Crippen LogP contribution in [0, 0.1) is 0 Å². The molecule has 0 N–H and O–H groups in total. The van der Waals surface area contributed by atoms with Crippen LogP contribution in [-0.2, 0) is 13.6 Å². The second-order valence-corrected chi connectivity index (χ2v) is 6.29. The molecule has 0 saturated carbocycles. The standard InChI is InChI=1S/C20H18ClN3O2/c1-3-12-24(13-14-8-4-6-10-16(14)21)20(26)18-19(25)15-9-5-7-11-17(15)23(2)22-18/h3-11H,1,12-13H2,2H3. The fraction of sp³-hybridized carbons (Fsp3) is 0.150. The Balaban J connectivity index is 2.04. The third-order valence-corrected chi connectivity index (χ3v) is 4.49. The Morgan fingerprint density at radius 1 is 1.23 bits per heavy atom. The highest BCUT2D eigenvalue weighted by molar-refractivity contribution is 6.31. The predicted octanol–water partition coefficient (Wildman–Crippen LogP) is 3.42. The highest BCUT2D eigenvalue weighted by atomic mass is 35.5. The molecule has 0 aliphatic carbocycles. The molecule has 0 aliphatic rings. The van der Waals surface area contributed by atoms with Crippen LogP contribution in [0.2, 0.25) is 5.02 Å². The van der Waals surface area contributed by atoms with E-state index in [0.717, 1.165) is 5.56 Å². The molecule has 26 heavy (non-hydrogen) atoms. The normalized spacial score (nSPS) is 10.7. The first-order chi connectivity index (χ1) is 12.5. The fourth-order valence-corrected chi connectivity index (χ4v) is 3.02. The average Bonchev–Trinajstić information content (AvgIpc) is 2.65. The van der Waals surface area contributed by atoms with Crippen LogP contribution in [0.4, 0.5) is 0 Å². The third-order valence-electron chi connectivity index (χ3n) is 4.12. The predicted molar refractivity (Wildman–Crippen MR) is 103 cm³/mol. The summed E-state index contributed by atoms with van der Waals surface area (Å²) in [5.41, 5.74) is 0.981. The van der Waals surface area contributed by atoms with Gasteiger partial charge in [-0.15, -0.1) is 6.58 Å². The van der Waals surface area contributed by atoms with Crippen LogP contribution in [0.5, 0.6) is 0 Å². The van der Waals surface area contributed by atoms with Crippen molar-refractivity contribution >= 4 is 28.4 Å². The molecule has 0 fully saturated rings. The maximum absolute atomic E-state index is 13.0. The first-order valence-electron chi connectivity index (χ1n) is 8.12. The number of halogens is 1. The van der Waals surface area contributed by atoms with E-state index in [1.165, 1.54) is 4.90 Å². The van der Waals surface area contributed by atoms with Gasteiger partial charge in [-0.3, -0.25) is 14.3 Å². The van der Waals surface area contributed by atoms with Gasteiger partial charge in [0.15, 0.2) is 5.69 Å². The highest BCUT2D eigenvalue weighted by Crippen LogP contribution is 2.18. The molecule has 0 aliphatic heterocycles. The number of carbonyl (C=O) groups is 1. The van der Waals surface area contributed by atoms with Crippen molar-refractivity contribution < 1.29 is 4.79 Å². The van der Waals surface area contributed by atoms with E-state index in [2.05, 4.69) is 11.7 Å². The van der Waals surface area contributed by atoms with Gasteiger partial charge >= 0.3 is 0 Å². The Morgan fingerprint density at radius 3 is 2.65 bits per heavy atom. The first kappa shape index (κ1) is 17.9. The summed E-state index contributed by atoms with van der Waals surface area (Å²) >= 11 is 6.21. The Labute approximate surface area is 156 Å². The molecule has 0 radical (unpaired) electrons. The van der Waals surface area contributed by atoms with Gasteiger partial charge in [0.2, 0.25) is 5.43 Å². The zero-order valence-corrected chi connectivity index (χ0v) is 15.1. The topological polar surface area (TPSA) is 55.2 Å². The first-order valence-corrected chi connectivity index (χ1v) is 8.50. The summed E-state index contributed by atoms with van der Waals surface area (Å²) in [6.45, 7) is 4.25. The van der Waals surface area contributed by atoms with Crippen molar-refractivity contribution in [2.24, 2.45) is 7.05 Å². The van der Waals surface area contributed by atoms with E-state index in [-0.39, 0.29) is 24.2 Å². The van der Waals surface area contributed by atoms with Crippen LogP contribution in [0.15, 0.2) is 66.0 Å². The van der Waals surface area contributed by atoms with E-state index in [9.17, 15) is 9.59 Å². The monoisotopic (exact) mass is 367 g/mol. The SMILES string of the molecule is C=CCN(Cc1ccccc1Cl)C(=O)c1nn(C)c2ccccc2c1=O. The summed E-state index contributed by atoms with van der Waals surface area (Å²) in [5.74, 6) is -0.448. The maximum Gasteiger partial charge on any atom is 0.278 e. The molecule has 132 valence electrons. The number of hydrogen-bond donors (Lipinski definition) is 0. The van der Waals surface area contributed by atoms with Gasteiger partial charge in [-0.2, -0.15) is 5.10 Å². The van der Waals surface area contributed by atoms with Crippen LogP contribution < -0.4 is 5.43 Å². The minimum Gasteiger partial charge on any atom is -0.329 e. The van der Waals surface area contributed by atoms with Gasteiger partial charge in [0.1, 0.15) is 0 Å². The molecule has 0 unspecified atom stereocenters. The van der Waals surface area contributed by atoms with Crippen molar-refractivity contribution in [1.82, 2.24) is 14.7 Å². The largest absolute Gasteiger partial charge is 0.329 e. The Bertz CT molecular complexity index is 1040. The molecule has 6 heteroatoms. The highest BCUT2D eigenvalue weighted by Gasteiger charge is 2.22. The lowest BCUT2D eigenvalue weighted by Gasteiger charge is -2.21. The number of amides is 1. The van der Waals surface area contributed by atoms with Crippen LogP contribution in [0.3, 0.4) is 0 Å². The number of rotatable bonds is 5. The van der Waals surface area contributed by atoms with Crippen molar-refractivity contribution in [3.8, 4) is 0 Å². The second kappa shape index (κ2) is 7.54. The van der Waals surface area contributed by atoms with E-state index >= 15 is 0 Å². The van der Waals surface area contributed by atoms with Crippen molar-refractivity contribution in [3.63, 3.8) is 0 Å². The van der Waals surface area contributed by atoms with E-state index < -0.39 is 5.91 Å². The molecule has 2 aromatic carbocycles. The number of aromatic nitrogens is 2. The molecule has 3 aromatic rings. The van der Waals surface area contributed by atoms with E-state index in [4.69, 9.17) is 11.6 Å². The number of fused-ring (bicyclic) bond motifs is 1. The minimum absolute atomic E-state index is 0.111. The maximum atomic E-state index is 13.0. The Kier molecular flexibility index (Phi) is 5.19. The summed E-state index contributed by atoms with van der Waals surface area (Å²) in [7, 11) is 1.71. The van der Waals surface area contributed by atoms with Gasteiger partial charge in [-0.1, -0.05) is 48.0 Å². The van der Waals surface area contributed by atoms with Crippen molar-refractivity contribution in [3.05, 3.63) is 87.7 Å². The van der Waals surface area contributed by atoms with Gasteiger partial charge in [0.25, 0.3) is 5.91 Å². The lowest BCUT2D eigenvalue weighted by Crippen LogP contribution is -2.36. The second-order valence-electron chi connectivity index (χ2n) is 5.88. The third kappa shape index (κ3) is 3.39. The van der Waals surface area contributed by atoms with Gasteiger partial charge in [0, 0.05) is 30.5 Å². The van der Waals surface area contributed by atoms with Gasteiger partial charge < -0.3 is 4.90 Å². The molecule has 5 nitrogen and oxygen atoms in total. The number of para-hydroxylation sites is 1. The zero-order chi connectivity index (χ0) is 18.7. The summed E-state index contributed by atoms with van der Waals surface area (Å²) in [6.07, 6.45) is 1.61. The minimum atomic E-state index is -0.448. The van der Waals surface area contributed by atoms with Gasteiger partial charge in [0.05, 0.1) is 5.52 Å². The molecule has 1 aromatic heterocycles. The summed E-state index contributed by atoms with van der Waals surface area (Å²) < 4.78 is 1.55. The van der Waals surface area contributed by atoms with Gasteiger partial charge in [-0.25, -0.2) is 0 Å².